The average molecular weight is 389 g/mol. The summed E-state index contributed by atoms with van der Waals surface area (Å²) in [6.07, 6.45) is 0.461. The molecule has 1 heterocycles. The Hall–Kier alpha value is -2.74. The lowest BCUT2D eigenvalue weighted by Crippen LogP contribution is -2.34. The fourth-order valence-corrected chi connectivity index (χ4v) is 4.04. The summed E-state index contributed by atoms with van der Waals surface area (Å²) in [5.41, 5.74) is 2.37. The molecule has 3 rings (SSSR count). The third kappa shape index (κ3) is 4.16. The average Bonchev–Trinajstić information content (AvgIpc) is 3.04. The lowest BCUT2D eigenvalue weighted by atomic mass is 10.2. The van der Waals surface area contributed by atoms with Crippen molar-refractivity contribution in [2.45, 2.75) is 25.5 Å². The van der Waals surface area contributed by atoms with Gasteiger partial charge in [0, 0.05) is 11.3 Å². The van der Waals surface area contributed by atoms with Crippen molar-refractivity contribution in [1.82, 2.24) is 9.97 Å². The minimum Gasteiger partial charge on any atom is -0.338 e. The third-order valence-electron chi connectivity index (χ3n) is 4.24. The van der Waals surface area contributed by atoms with Gasteiger partial charge in [-0.1, -0.05) is 19.1 Å². The van der Waals surface area contributed by atoms with Gasteiger partial charge in [0.15, 0.2) is 9.84 Å². The molecule has 0 spiro atoms. The summed E-state index contributed by atoms with van der Waals surface area (Å²) < 4.78 is 37.5. The summed E-state index contributed by atoms with van der Waals surface area (Å²) in [4.78, 5) is 19.8. The van der Waals surface area contributed by atoms with Crippen LogP contribution in [0.15, 0.2) is 42.5 Å². The molecule has 8 heteroatoms. The van der Waals surface area contributed by atoms with Crippen molar-refractivity contribution in [3.8, 4) is 11.4 Å². The van der Waals surface area contributed by atoms with Crippen molar-refractivity contribution < 1.29 is 17.6 Å². The van der Waals surface area contributed by atoms with Crippen LogP contribution in [0.1, 0.15) is 20.3 Å². The number of carbonyl (C=O) groups is 1. The van der Waals surface area contributed by atoms with Gasteiger partial charge in [-0.05, 0) is 43.7 Å². The van der Waals surface area contributed by atoms with E-state index in [-0.39, 0.29) is 11.6 Å². The molecule has 0 aliphatic heterocycles. The van der Waals surface area contributed by atoms with E-state index >= 15 is 0 Å². The van der Waals surface area contributed by atoms with Gasteiger partial charge in [0.05, 0.1) is 16.8 Å². The molecule has 1 amide bonds. The first-order valence-electron chi connectivity index (χ1n) is 8.58. The molecule has 0 aliphatic carbocycles. The van der Waals surface area contributed by atoms with E-state index in [4.69, 9.17) is 0 Å². The minimum atomic E-state index is -3.48. The number of hydrogen-bond acceptors (Lipinski definition) is 4. The predicted molar refractivity (Wildman–Crippen MR) is 104 cm³/mol. The molecule has 0 saturated heterocycles. The highest BCUT2D eigenvalue weighted by Crippen LogP contribution is 2.23. The van der Waals surface area contributed by atoms with E-state index < -0.39 is 21.0 Å². The number of sulfone groups is 1. The highest BCUT2D eigenvalue weighted by atomic mass is 32.2. The number of hydrogen-bond donors (Lipinski definition) is 2. The summed E-state index contributed by atoms with van der Waals surface area (Å²) in [7, 11) is -3.48. The molecule has 0 radical (unpaired) electrons. The highest BCUT2D eigenvalue weighted by molar-refractivity contribution is 7.92. The number of aromatic amines is 1. The van der Waals surface area contributed by atoms with Crippen molar-refractivity contribution >= 4 is 32.5 Å². The van der Waals surface area contributed by atoms with Crippen LogP contribution in [0.3, 0.4) is 0 Å². The Morgan fingerprint density at radius 1 is 1.26 bits per heavy atom. The zero-order valence-electron chi connectivity index (χ0n) is 15.0. The van der Waals surface area contributed by atoms with Crippen LogP contribution in [0, 0.1) is 5.82 Å². The number of rotatable bonds is 6. The van der Waals surface area contributed by atoms with Crippen LogP contribution in [0.5, 0.6) is 0 Å². The molecule has 0 fully saturated rings. The highest BCUT2D eigenvalue weighted by Gasteiger charge is 2.27. The molecule has 27 heavy (non-hydrogen) atoms. The zero-order valence-corrected chi connectivity index (χ0v) is 15.8. The topological polar surface area (TPSA) is 91.9 Å². The van der Waals surface area contributed by atoms with Gasteiger partial charge in [-0.25, -0.2) is 17.8 Å². The number of amides is 1. The van der Waals surface area contributed by atoms with Crippen LogP contribution in [0.4, 0.5) is 10.1 Å². The first kappa shape index (κ1) is 19.0. The molecule has 1 aromatic heterocycles. The van der Waals surface area contributed by atoms with Gasteiger partial charge in [-0.2, -0.15) is 0 Å². The number of nitrogens with zero attached hydrogens (tertiary/aromatic N) is 1. The number of aromatic nitrogens is 2. The predicted octanol–water partition coefficient (Wildman–Crippen LogP) is 3.52. The van der Waals surface area contributed by atoms with Crippen molar-refractivity contribution in [3.05, 3.63) is 48.3 Å². The van der Waals surface area contributed by atoms with Gasteiger partial charge in [-0.15, -0.1) is 0 Å². The molecule has 142 valence electrons. The number of carbonyl (C=O) groups excluding carboxylic acids is 1. The van der Waals surface area contributed by atoms with Crippen LogP contribution < -0.4 is 5.32 Å². The molecule has 0 bridgehead atoms. The SMILES string of the molecule is CCCS(=O)(=O)C(C)C(=O)Nc1ccc2nc(-c3cccc(F)c3)[nH]c2c1. The third-order valence-corrected chi connectivity index (χ3v) is 6.51. The number of nitrogens with one attached hydrogen (secondary N) is 2. The van der Waals surface area contributed by atoms with Crippen LogP contribution in [-0.4, -0.2) is 35.3 Å². The summed E-state index contributed by atoms with van der Waals surface area (Å²) in [5.74, 6) is -0.458. The maximum absolute atomic E-state index is 13.4. The van der Waals surface area contributed by atoms with E-state index in [0.29, 0.717) is 34.5 Å². The van der Waals surface area contributed by atoms with Crippen molar-refractivity contribution in [3.63, 3.8) is 0 Å². The second-order valence-electron chi connectivity index (χ2n) is 6.33. The second-order valence-corrected chi connectivity index (χ2v) is 8.77. The summed E-state index contributed by atoms with van der Waals surface area (Å²) in [6, 6.07) is 11.1. The monoisotopic (exact) mass is 389 g/mol. The van der Waals surface area contributed by atoms with E-state index in [1.54, 1.807) is 37.3 Å². The fourth-order valence-electron chi connectivity index (χ4n) is 2.73. The van der Waals surface area contributed by atoms with Gasteiger partial charge in [0.1, 0.15) is 16.9 Å². The molecule has 3 aromatic rings. The number of fused-ring (bicyclic) bond motifs is 1. The Kier molecular flexibility index (Phi) is 5.27. The van der Waals surface area contributed by atoms with E-state index in [9.17, 15) is 17.6 Å². The van der Waals surface area contributed by atoms with Crippen LogP contribution in [0.2, 0.25) is 0 Å². The van der Waals surface area contributed by atoms with E-state index in [2.05, 4.69) is 15.3 Å². The summed E-state index contributed by atoms with van der Waals surface area (Å²) in [6.45, 7) is 3.14. The van der Waals surface area contributed by atoms with Gasteiger partial charge in [0.25, 0.3) is 0 Å². The number of imidazole rings is 1. The molecule has 6 nitrogen and oxygen atoms in total. The Balaban J connectivity index is 1.84. The maximum atomic E-state index is 13.4. The van der Waals surface area contributed by atoms with Gasteiger partial charge in [-0.3, -0.25) is 4.79 Å². The van der Waals surface area contributed by atoms with E-state index in [0.717, 1.165) is 0 Å². The number of halogens is 1. The van der Waals surface area contributed by atoms with Crippen LogP contribution >= 0.6 is 0 Å². The fraction of sp³-hybridized carbons (Fsp3) is 0.263. The number of anilines is 1. The van der Waals surface area contributed by atoms with Crippen LogP contribution in [-0.2, 0) is 14.6 Å². The Morgan fingerprint density at radius 3 is 2.74 bits per heavy atom. The van der Waals surface area contributed by atoms with E-state index in [1.165, 1.54) is 19.1 Å². The molecule has 2 N–H and O–H groups in total. The molecule has 1 atom stereocenters. The van der Waals surface area contributed by atoms with Crippen LogP contribution in [0.25, 0.3) is 22.4 Å². The van der Waals surface area contributed by atoms with E-state index in [1.807, 2.05) is 0 Å². The number of H-pyrrole nitrogens is 1. The van der Waals surface area contributed by atoms with Crippen molar-refractivity contribution in [2.24, 2.45) is 0 Å². The molecular formula is C19H20FN3O3S. The van der Waals surface area contributed by atoms with Crippen molar-refractivity contribution in [2.75, 3.05) is 11.1 Å². The quantitative estimate of drug-likeness (QED) is 0.675. The van der Waals surface area contributed by atoms with Gasteiger partial charge in [0.2, 0.25) is 5.91 Å². The van der Waals surface area contributed by atoms with Gasteiger partial charge < -0.3 is 10.3 Å². The Labute approximate surface area is 156 Å². The molecule has 2 aromatic carbocycles. The smallest absolute Gasteiger partial charge is 0.242 e. The zero-order chi connectivity index (χ0) is 19.6. The lowest BCUT2D eigenvalue weighted by molar-refractivity contribution is -0.115. The number of benzene rings is 2. The first-order chi connectivity index (χ1) is 12.8. The second kappa shape index (κ2) is 7.48. The molecule has 0 aliphatic rings. The Morgan fingerprint density at radius 2 is 2.04 bits per heavy atom. The molecule has 1 unspecified atom stereocenters. The minimum absolute atomic E-state index is 0.0296. The standard InChI is InChI=1S/C19H20FN3O3S/c1-3-9-27(25,26)12(2)19(24)21-15-7-8-16-17(11-15)23-18(22-16)13-5-4-6-14(20)10-13/h4-8,10-12H,3,9H2,1-2H3,(H,21,24)(H,22,23). The van der Waals surface area contributed by atoms with Gasteiger partial charge >= 0.3 is 0 Å². The summed E-state index contributed by atoms with van der Waals surface area (Å²) >= 11 is 0. The largest absolute Gasteiger partial charge is 0.338 e. The molecular weight excluding hydrogens is 369 g/mol. The summed E-state index contributed by atoms with van der Waals surface area (Å²) in [5, 5.41) is 1.50. The first-order valence-corrected chi connectivity index (χ1v) is 10.3. The Bertz CT molecular complexity index is 1090. The maximum Gasteiger partial charge on any atom is 0.242 e. The lowest BCUT2D eigenvalue weighted by Gasteiger charge is -2.12. The molecule has 0 saturated carbocycles. The normalized spacial score (nSPS) is 12.9. The van der Waals surface area contributed by atoms with Crippen molar-refractivity contribution in [1.29, 1.82) is 0 Å².